The molecule has 4 nitrogen and oxygen atoms in total. The molecule has 0 unspecified atom stereocenters. The molecule has 0 amide bonds. The Labute approximate surface area is 77.4 Å². The summed E-state index contributed by atoms with van der Waals surface area (Å²) in [5.41, 5.74) is 0. The highest BCUT2D eigenvalue weighted by Crippen LogP contribution is 2.13. The number of halogens is 6. The molecule has 15 heavy (non-hydrogen) atoms. The second kappa shape index (κ2) is 5.88. The predicted molar refractivity (Wildman–Crippen MR) is 31.7 cm³/mol. The summed E-state index contributed by atoms with van der Waals surface area (Å²) in [7, 11) is 0. The number of carboxylic acids is 2. The Morgan fingerprint density at radius 1 is 0.933 bits per heavy atom. The molecule has 0 saturated heterocycles. The largest absolute Gasteiger partial charge is 0.490 e. The van der Waals surface area contributed by atoms with Crippen LogP contribution in [-0.4, -0.2) is 28.3 Å². The molecule has 0 aliphatic heterocycles. The van der Waals surface area contributed by atoms with Crippen LogP contribution in [0.5, 0.6) is 0 Å². The molecule has 0 rings (SSSR count). The molecule has 0 bridgehead atoms. The van der Waals surface area contributed by atoms with Crippen molar-refractivity contribution in [2.24, 2.45) is 0 Å². The highest BCUT2D eigenvalue weighted by molar-refractivity contribution is 5.84. The number of carboxylic acid groups (broad SMARTS) is 2. The number of aliphatic carboxylic acids is 2. The highest BCUT2D eigenvalue weighted by Gasteiger charge is 2.38. The van der Waals surface area contributed by atoms with E-state index in [1.54, 1.807) is 0 Å². The zero-order valence-electron chi connectivity index (χ0n) is 6.48. The van der Waals surface area contributed by atoms with Crippen LogP contribution in [0.4, 0.5) is 26.3 Å². The average Bonchev–Trinajstić information content (AvgIpc) is 2.01. The first-order valence-corrected chi connectivity index (χ1v) is 2.74. The van der Waals surface area contributed by atoms with Crippen LogP contribution in [0.1, 0.15) is 0 Å². The third-order valence-electron chi connectivity index (χ3n) is 0.596. The van der Waals surface area contributed by atoms with Crippen molar-refractivity contribution in [3.8, 4) is 0 Å². The van der Waals surface area contributed by atoms with Gasteiger partial charge in [-0.3, -0.25) is 0 Å². The second-order valence-corrected chi connectivity index (χ2v) is 1.68. The summed E-state index contributed by atoms with van der Waals surface area (Å²) in [5.74, 6) is -7.40. The van der Waals surface area contributed by atoms with Crippen molar-refractivity contribution in [1.82, 2.24) is 0 Å². The SMILES string of the molecule is O=C(O)C(F)(F)F.O=C(O)C(F)=C(F)F. The maximum atomic E-state index is 11.2. The summed E-state index contributed by atoms with van der Waals surface area (Å²) < 4.78 is 64.5. The summed E-state index contributed by atoms with van der Waals surface area (Å²) in [5, 5.41) is 14.6. The van der Waals surface area contributed by atoms with Crippen molar-refractivity contribution in [2.75, 3.05) is 0 Å². The van der Waals surface area contributed by atoms with Gasteiger partial charge in [-0.1, -0.05) is 0 Å². The zero-order chi connectivity index (χ0) is 12.8. The minimum absolute atomic E-state index is 2.25. The first-order valence-electron chi connectivity index (χ1n) is 2.74. The van der Waals surface area contributed by atoms with Crippen LogP contribution in [0, 0.1) is 0 Å². The molecule has 0 aliphatic carbocycles. The number of hydrogen-bond donors (Lipinski definition) is 2. The van der Waals surface area contributed by atoms with E-state index in [0.717, 1.165) is 0 Å². The number of rotatable bonds is 1. The van der Waals surface area contributed by atoms with E-state index in [4.69, 9.17) is 15.0 Å². The van der Waals surface area contributed by atoms with Crippen molar-refractivity contribution in [2.45, 2.75) is 6.18 Å². The first-order chi connectivity index (χ1) is 6.50. The van der Waals surface area contributed by atoms with Gasteiger partial charge in [0.05, 0.1) is 0 Å². The van der Waals surface area contributed by atoms with Crippen LogP contribution in [0.2, 0.25) is 0 Å². The molecule has 0 heterocycles. The van der Waals surface area contributed by atoms with Crippen LogP contribution in [-0.2, 0) is 9.59 Å². The summed E-state index contributed by atoms with van der Waals surface area (Å²) >= 11 is 0. The first kappa shape index (κ1) is 15.7. The number of alkyl halides is 3. The Hall–Kier alpha value is -1.74. The van der Waals surface area contributed by atoms with E-state index in [-0.39, 0.29) is 0 Å². The molecular weight excluding hydrogens is 238 g/mol. The monoisotopic (exact) mass is 240 g/mol. The molecule has 2 N–H and O–H groups in total. The third kappa shape index (κ3) is 8.59. The lowest BCUT2D eigenvalue weighted by Gasteiger charge is -1.93. The lowest BCUT2D eigenvalue weighted by atomic mass is 10.6. The van der Waals surface area contributed by atoms with Gasteiger partial charge < -0.3 is 10.2 Å². The summed E-state index contributed by atoms with van der Waals surface area (Å²) in [6, 6.07) is 0. The van der Waals surface area contributed by atoms with Gasteiger partial charge in [0.1, 0.15) is 0 Å². The van der Waals surface area contributed by atoms with Crippen molar-refractivity contribution < 1.29 is 46.1 Å². The molecule has 0 radical (unpaired) electrons. The Kier molecular flexibility index (Phi) is 6.16. The van der Waals surface area contributed by atoms with E-state index < -0.39 is 30.0 Å². The van der Waals surface area contributed by atoms with Crippen molar-refractivity contribution in [1.29, 1.82) is 0 Å². The number of hydrogen-bond acceptors (Lipinski definition) is 2. The van der Waals surface area contributed by atoms with Crippen molar-refractivity contribution in [3.05, 3.63) is 11.9 Å². The highest BCUT2D eigenvalue weighted by atomic mass is 19.4. The molecule has 10 heteroatoms. The van der Waals surface area contributed by atoms with E-state index in [1.165, 1.54) is 0 Å². The fourth-order valence-corrected chi connectivity index (χ4v) is 0.0808. The molecule has 0 fully saturated rings. The topological polar surface area (TPSA) is 74.6 Å². The smallest absolute Gasteiger partial charge is 0.476 e. The maximum absolute atomic E-state index is 11.2. The standard InChI is InChI=1S/C3HF3O2.C2HF3O2/c4-1(2(5)6)3(7)8;3-2(4,5)1(6)7/h(H,7,8);(H,6,7). The lowest BCUT2D eigenvalue weighted by Crippen LogP contribution is -2.21. The molecular formula is C5H2F6O4. The van der Waals surface area contributed by atoms with Gasteiger partial charge in [-0.05, 0) is 0 Å². The van der Waals surface area contributed by atoms with Crippen LogP contribution >= 0.6 is 0 Å². The Bertz CT molecular complexity index is 276. The Morgan fingerprint density at radius 3 is 1.20 bits per heavy atom. The molecule has 0 aromatic carbocycles. The van der Waals surface area contributed by atoms with Crippen LogP contribution in [0.3, 0.4) is 0 Å². The molecule has 88 valence electrons. The minimum atomic E-state index is -5.08. The van der Waals surface area contributed by atoms with Gasteiger partial charge in [-0.15, -0.1) is 0 Å². The lowest BCUT2D eigenvalue weighted by molar-refractivity contribution is -0.192. The van der Waals surface area contributed by atoms with Gasteiger partial charge in [0.15, 0.2) is 0 Å². The van der Waals surface area contributed by atoms with Crippen molar-refractivity contribution in [3.63, 3.8) is 0 Å². The van der Waals surface area contributed by atoms with Gasteiger partial charge in [0, 0.05) is 0 Å². The maximum Gasteiger partial charge on any atom is 0.490 e. The number of carbonyl (C=O) groups is 2. The average molecular weight is 240 g/mol. The van der Waals surface area contributed by atoms with Crippen LogP contribution < -0.4 is 0 Å². The predicted octanol–water partition coefficient (Wildman–Crippen LogP) is 1.78. The zero-order valence-corrected chi connectivity index (χ0v) is 6.48. The van der Waals surface area contributed by atoms with E-state index >= 15 is 0 Å². The molecule has 0 aromatic rings. The van der Waals surface area contributed by atoms with Gasteiger partial charge >= 0.3 is 24.2 Å². The summed E-state index contributed by atoms with van der Waals surface area (Å²) in [6.07, 6.45) is -7.89. The summed E-state index contributed by atoms with van der Waals surface area (Å²) in [4.78, 5) is 18.1. The van der Waals surface area contributed by atoms with E-state index in [2.05, 4.69) is 0 Å². The molecule has 0 aromatic heterocycles. The van der Waals surface area contributed by atoms with Gasteiger partial charge in [0.2, 0.25) is 0 Å². The van der Waals surface area contributed by atoms with Crippen molar-refractivity contribution >= 4 is 11.9 Å². The minimum Gasteiger partial charge on any atom is -0.476 e. The quantitative estimate of drug-likeness (QED) is 0.541. The Morgan fingerprint density at radius 2 is 1.20 bits per heavy atom. The van der Waals surface area contributed by atoms with Gasteiger partial charge in [-0.2, -0.15) is 26.3 Å². The fourth-order valence-electron chi connectivity index (χ4n) is 0.0808. The molecule has 0 atom stereocenters. The van der Waals surface area contributed by atoms with Gasteiger partial charge in [-0.25, -0.2) is 9.59 Å². The van der Waals surface area contributed by atoms with E-state index in [9.17, 15) is 31.1 Å². The van der Waals surface area contributed by atoms with Crippen LogP contribution in [0.25, 0.3) is 0 Å². The molecule has 0 spiro atoms. The Balaban J connectivity index is 0. The molecule has 0 saturated carbocycles. The third-order valence-corrected chi connectivity index (χ3v) is 0.596. The summed E-state index contributed by atoms with van der Waals surface area (Å²) in [6.45, 7) is 0. The fraction of sp³-hybridized carbons (Fsp3) is 0.200. The van der Waals surface area contributed by atoms with E-state index in [0.29, 0.717) is 0 Å². The second-order valence-electron chi connectivity index (χ2n) is 1.68. The molecule has 0 aliphatic rings. The van der Waals surface area contributed by atoms with Crippen LogP contribution in [0.15, 0.2) is 11.9 Å². The van der Waals surface area contributed by atoms with E-state index in [1.807, 2.05) is 0 Å². The normalized spacial score (nSPS) is 9.73. The van der Waals surface area contributed by atoms with Gasteiger partial charge in [0.25, 0.3) is 5.83 Å².